The number of carbonyl (C=O) groups is 1. The molecule has 4 aromatic rings. The van der Waals surface area contributed by atoms with Crippen LogP contribution in [0, 0.1) is 0 Å². The lowest BCUT2D eigenvalue weighted by atomic mass is 10.1. The molecule has 2 aliphatic heterocycles. The molecule has 4 heterocycles. The Morgan fingerprint density at radius 3 is 2.34 bits per heavy atom. The Bertz CT molecular complexity index is 1320. The third-order valence-corrected chi connectivity index (χ3v) is 7.55. The molecule has 1 amide bonds. The first kappa shape index (κ1) is 22.1. The number of thiophene rings is 1. The Hall–Kier alpha value is -3.40. The second-order valence-corrected chi connectivity index (χ2v) is 9.72. The van der Waals surface area contributed by atoms with Gasteiger partial charge in [-0.15, -0.1) is 11.3 Å². The van der Waals surface area contributed by atoms with Crippen molar-refractivity contribution in [3.8, 4) is 10.7 Å². The molecule has 2 fully saturated rings. The van der Waals surface area contributed by atoms with Crippen LogP contribution in [0.4, 0.5) is 16.4 Å². The van der Waals surface area contributed by atoms with E-state index in [9.17, 15) is 4.79 Å². The number of hydrogen-bond acceptors (Lipinski definition) is 7. The van der Waals surface area contributed by atoms with Gasteiger partial charge in [0.1, 0.15) is 5.82 Å². The molecule has 0 saturated carbocycles. The molecule has 2 aromatic carbocycles. The standard InChI is InChI=1S/C26H27N5O3S/c32-26(18-1-4-20(5-2-18)30-9-13-33-14-10-30)27-19-3-6-21-22(17-19)29-25(28-21)23-7-8-24(35-23)31-11-15-34-16-12-31/h1-8,17H,9-16H2,(H,27,32)(H,28,29). The maximum Gasteiger partial charge on any atom is 0.255 e. The third kappa shape index (κ3) is 4.75. The Labute approximate surface area is 207 Å². The topological polar surface area (TPSA) is 82.7 Å². The molecule has 9 heteroatoms. The summed E-state index contributed by atoms with van der Waals surface area (Å²) in [4.78, 5) is 26.7. The van der Waals surface area contributed by atoms with Crippen molar-refractivity contribution in [2.75, 3.05) is 67.7 Å². The van der Waals surface area contributed by atoms with Gasteiger partial charge in [0.05, 0.1) is 47.3 Å². The highest BCUT2D eigenvalue weighted by Crippen LogP contribution is 2.34. The number of anilines is 3. The van der Waals surface area contributed by atoms with Gasteiger partial charge in [-0.1, -0.05) is 0 Å². The fourth-order valence-corrected chi connectivity index (χ4v) is 5.46. The third-order valence-electron chi connectivity index (χ3n) is 6.39. The SMILES string of the molecule is O=C(Nc1ccc2[nH]c(-c3ccc(N4CCOCC4)s3)nc2c1)c1ccc(N2CCOCC2)cc1. The minimum absolute atomic E-state index is 0.137. The number of aromatic nitrogens is 2. The van der Waals surface area contributed by atoms with Gasteiger partial charge in [0.15, 0.2) is 0 Å². The van der Waals surface area contributed by atoms with Crippen molar-refractivity contribution in [2.45, 2.75) is 0 Å². The molecule has 180 valence electrons. The largest absolute Gasteiger partial charge is 0.378 e. The smallest absolute Gasteiger partial charge is 0.255 e. The van der Waals surface area contributed by atoms with Gasteiger partial charge in [-0.3, -0.25) is 4.79 Å². The predicted molar refractivity (Wildman–Crippen MR) is 140 cm³/mol. The van der Waals surface area contributed by atoms with Crippen molar-refractivity contribution in [1.82, 2.24) is 9.97 Å². The number of rotatable bonds is 5. The number of fused-ring (bicyclic) bond motifs is 1. The van der Waals surface area contributed by atoms with Crippen LogP contribution in [0.25, 0.3) is 21.7 Å². The second kappa shape index (κ2) is 9.69. The predicted octanol–water partition coefficient (Wildman–Crippen LogP) is 4.22. The van der Waals surface area contributed by atoms with Crippen LogP contribution in [0.3, 0.4) is 0 Å². The zero-order valence-electron chi connectivity index (χ0n) is 19.3. The van der Waals surface area contributed by atoms with Crippen LogP contribution in [0.2, 0.25) is 0 Å². The molecule has 0 radical (unpaired) electrons. The van der Waals surface area contributed by atoms with Gasteiger partial charge in [-0.2, -0.15) is 0 Å². The summed E-state index contributed by atoms with van der Waals surface area (Å²) in [6, 6.07) is 17.8. The van der Waals surface area contributed by atoms with E-state index in [1.807, 2.05) is 42.5 Å². The molecule has 35 heavy (non-hydrogen) atoms. The number of benzene rings is 2. The normalized spacial score (nSPS) is 16.6. The van der Waals surface area contributed by atoms with Crippen molar-refractivity contribution >= 4 is 44.7 Å². The summed E-state index contributed by atoms with van der Waals surface area (Å²) < 4.78 is 10.9. The molecule has 0 atom stereocenters. The van der Waals surface area contributed by atoms with Crippen LogP contribution in [-0.2, 0) is 9.47 Å². The number of aromatic amines is 1. The Morgan fingerprint density at radius 1 is 0.886 bits per heavy atom. The number of nitrogens with one attached hydrogen (secondary N) is 2. The Morgan fingerprint density at radius 2 is 1.60 bits per heavy atom. The van der Waals surface area contributed by atoms with Gasteiger partial charge in [0, 0.05) is 43.1 Å². The van der Waals surface area contributed by atoms with Crippen molar-refractivity contribution < 1.29 is 14.3 Å². The molecule has 0 aliphatic carbocycles. The number of imidazole rings is 1. The van der Waals surface area contributed by atoms with Crippen molar-refractivity contribution in [3.63, 3.8) is 0 Å². The summed E-state index contributed by atoms with van der Waals surface area (Å²) in [6.45, 7) is 6.59. The zero-order valence-corrected chi connectivity index (χ0v) is 20.1. The first-order valence-electron chi connectivity index (χ1n) is 11.9. The summed E-state index contributed by atoms with van der Waals surface area (Å²) in [6.07, 6.45) is 0. The summed E-state index contributed by atoms with van der Waals surface area (Å²) in [7, 11) is 0. The van der Waals surface area contributed by atoms with E-state index in [4.69, 9.17) is 14.5 Å². The maximum absolute atomic E-state index is 12.8. The van der Waals surface area contributed by atoms with Crippen molar-refractivity contribution in [3.05, 3.63) is 60.2 Å². The van der Waals surface area contributed by atoms with Crippen LogP contribution < -0.4 is 15.1 Å². The summed E-state index contributed by atoms with van der Waals surface area (Å²) in [5.74, 6) is 0.703. The summed E-state index contributed by atoms with van der Waals surface area (Å²) >= 11 is 1.73. The number of morpholine rings is 2. The van der Waals surface area contributed by atoms with Gasteiger partial charge in [-0.25, -0.2) is 4.98 Å². The zero-order chi connectivity index (χ0) is 23.6. The molecule has 0 unspecified atom stereocenters. The number of ether oxygens (including phenoxy) is 2. The molecule has 0 spiro atoms. The molecule has 6 rings (SSSR count). The van der Waals surface area contributed by atoms with Crippen LogP contribution in [0.1, 0.15) is 10.4 Å². The second-order valence-electron chi connectivity index (χ2n) is 8.66. The highest BCUT2D eigenvalue weighted by atomic mass is 32.1. The number of amides is 1. The maximum atomic E-state index is 12.8. The summed E-state index contributed by atoms with van der Waals surface area (Å²) in [5.41, 5.74) is 4.22. The Kier molecular flexibility index (Phi) is 6.12. The van der Waals surface area contributed by atoms with E-state index >= 15 is 0 Å². The van der Waals surface area contributed by atoms with Gasteiger partial charge in [0.2, 0.25) is 0 Å². The average molecular weight is 490 g/mol. The van der Waals surface area contributed by atoms with E-state index in [-0.39, 0.29) is 5.91 Å². The monoisotopic (exact) mass is 489 g/mol. The molecule has 2 N–H and O–H groups in total. The van der Waals surface area contributed by atoms with E-state index < -0.39 is 0 Å². The summed E-state index contributed by atoms with van der Waals surface area (Å²) in [5, 5.41) is 4.24. The fourth-order valence-electron chi connectivity index (χ4n) is 4.46. The van der Waals surface area contributed by atoms with Crippen LogP contribution in [0.5, 0.6) is 0 Å². The first-order valence-corrected chi connectivity index (χ1v) is 12.7. The molecule has 8 nitrogen and oxygen atoms in total. The van der Waals surface area contributed by atoms with E-state index in [1.165, 1.54) is 5.00 Å². The number of H-pyrrole nitrogens is 1. The Balaban J connectivity index is 1.15. The number of hydrogen-bond donors (Lipinski definition) is 2. The lowest BCUT2D eigenvalue weighted by molar-refractivity contribution is 0.102. The van der Waals surface area contributed by atoms with Gasteiger partial charge >= 0.3 is 0 Å². The van der Waals surface area contributed by atoms with Gasteiger partial charge < -0.3 is 29.6 Å². The lowest BCUT2D eigenvalue weighted by Gasteiger charge is -2.28. The highest BCUT2D eigenvalue weighted by molar-refractivity contribution is 7.19. The van der Waals surface area contributed by atoms with Crippen LogP contribution >= 0.6 is 11.3 Å². The number of nitrogens with zero attached hydrogens (tertiary/aromatic N) is 3. The molecular weight excluding hydrogens is 462 g/mol. The van der Waals surface area contributed by atoms with Gasteiger partial charge in [-0.05, 0) is 54.6 Å². The highest BCUT2D eigenvalue weighted by Gasteiger charge is 2.16. The first-order chi connectivity index (χ1) is 17.2. The average Bonchev–Trinajstić information content (AvgIpc) is 3.57. The van der Waals surface area contributed by atoms with Gasteiger partial charge in [0.25, 0.3) is 5.91 Å². The van der Waals surface area contributed by atoms with E-state index in [2.05, 4.69) is 32.2 Å². The van der Waals surface area contributed by atoms with E-state index in [0.29, 0.717) is 5.56 Å². The lowest BCUT2D eigenvalue weighted by Crippen LogP contribution is -2.36. The molecule has 2 aliphatic rings. The van der Waals surface area contributed by atoms with E-state index in [1.54, 1.807) is 11.3 Å². The molecule has 2 saturated heterocycles. The molecule has 2 aromatic heterocycles. The van der Waals surface area contributed by atoms with Crippen LogP contribution in [0.15, 0.2) is 54.6 Å². The minimum atomic E-state index is -0.137. The number of carbonyl (C=O) groups excluding carboxylic acids is 1. The quantitative estimate of drug-likeness (QED) is 0.437. The molecule has 0 bridgehead atoms. The van der Waals surface area contributed by atoms with Crippen molar-refractivity contribution in [2.24, 2.45) is 0 Å². The van der Waals surface area contributed by atoms with Crippen LogP contribution in [-0.4, -0.2) is 68.5 Å². The van der Waals surface area contributed by atoms with E-state index in [0.717, 1.165) is 85.7 Å². The minimum Gasteiger partial charge on any atom is -0.378 e. The fraction of sp³-hybridized carbons (Fsp3) is 0.308. The van der Waals surface area contributed by atoms with Crippen molar-refractivity contribution in [1.29, 1.82) is 0 Å². The molecular formula is C26H27N5O3S.